The number of ether oxygens (including phenoxy) is 1. The molecule has 1 heterocycles. The normalized spacial score (nSPS) is 14.4. The number of carboxylic acid groups (broad SMARTS) is 1. The number of aliphatic carboxylic acids is 1. The van der Waals surface area contributed by atoms with Crippen molar-refractivity contribution in [3.63, 3.8) is 0 Å². The van der Waals surface area contributed by atoms with Crippen LogP contribution in [-0.2, 0) is 27.2 Å². The molecule has 1 atom stereocenters. The molecule has 1 aromatic heterocycles. The number of amides is 1. The average Bonchev–Trinajstić information content (AvgIpc) is 2.96. The van der Waals surface area contributed by atoms with Crippen molar-refractivity contribution in [3.05, 3.63) is 16.0 Å². The van der Waals surface area contributed by atoms with E-state index in [0.29, 0.717) is 10.6 Å². The second-order valence-corrected chi connectivity index (χ2v) is 7.06. The van der Waals surface area contributed by atoms with Crippen LogP contribution in [-0.4, -0.2) is 53.9 Å². The van der Waals surface area contributed by atoms with Crippen molar-refractivity contribution in [2.45, 2.75) is 45.1 Å². The molecular weight excluding hydrogens is 360 g/mol. The van der Waals surface area contributed by atoms with Crippen molar-refractivity contribution < 1.29 is 29.3 Å². The number of carbonyl (C=O) groups is 3. The number of carboxylic acids is 1. The Kier molecular flexibility index (Phi) is 7.55. The predicted octanol–water partition coefficient (Wildman–Crippen LogP) is 1.17. The van der Waals surface area contributed by atoms with Crippen molar-refractivity contribution >= 4 is 34.2 Å². The monoisotopic (exact) mass is 384 g/mol. The fourth-order valence-corrected chi connectivity index (χ4v) is 4.22. The molecule has 1 aliphatic carbocycles. The van der Waals surface area contributed by atoms with Crippen LogP contribution in [0.2, 0.25) is 0 Å². The summed E-state index contributed by atoms with van der Waals surface area (Å²) in [7, 11) is 0. The number of hydrogen-bond acceptors (Lipinski definition) is 7. The molecule has 0 radical (unpaired) electrons. The molecular formula is C17H24N2O6S. The average molecular weight is 384 g/mol. The zero-order valence-electron chi connectivity index (χ0n) is 14.7. The lowest BCUT2D eigenvalue weighted by atomic mass is 9.95. The molecule has 1 amide bonds. The van der Waals surface area contributed by atoms with Crippen LogP contribution in [0.5, 0.6) is 0 Å². The maximum Gasteiger partial charge on any atom is 0.341 e. The van der Waals surface area contributed by atoms with E-state index in [2.05, 4.69) is 10.6 Å². The number of aliphatic hydroxyl groups excluding tert-OH is 1. The van der Waals surface area contributed by atoms with Crippen LogP contribution >= 0.6 is 11.3 Å². The van der Waals surface area contributed by atoms with Crippen molar-refractivity contribution in [1.82, 2.24) is 5.32 Å². The van der Waals surface area contributed by atoms with Gasteiger partial charge in [0, 0.05) is 11.4 Å². The maximum absolute atomic E-state index is 12.4. The van der Waals surface area contributed by atoms with Gasteiger partial charge in [0.25, 0.3) is 0 Å². The maximum atomic E-state index is 12.4. The van der Waals surface area contributed by atoms with Gasteiger partial charge in [0.05, 0.1) is 25.2 Å². The van der Waals surface area contributed by atoms with Crippen LogP contribution in [0.1, 0.15) is 47.0 Å². The summed E-state index contributed by atoms with van der Waals surface area (Å²) in [4.78, 5) is 37.0. The highest BCUT2D eigenvalue weighted by molar-refractivity contribution is 7.17. The molecule has 0 saturated carbocycles. The third kappa shape index (κ3) is 5.03. The fraction of sp³-hybridized carbons (Fsp3) is 0.588. The Morgan fingerprint density at radius 2 is 2.00 bits per heavy atom. The van der Waals surface area contributed by atoms with Gasteiger partial charge in [0.1, 0.15) is 11.0 Å². The zero-order valence-corrected chi connectivity index (χ0v) is 15.5. The SMILES string of the molecule is CCOC(=O)c1c(NC(=O)CC(NCCO)C(=O)O)sc2c1CCCC2. The summed E-state index contributed by atoms with van der Waals surface area (Å²) >= 11 is 1.36. The van der Waals surface area contributed by atoms with Gasteiger partial charge in [-0.25, -0.2) is 4.79 Å². The smallest absolute Gasteiger partial charge is 0.341 e. The Morgan fingerprint density at radius 3 is 2.65 bits per heavy atom. The molecule has 0 saturated heterocycles. The number of hydrogen-bond donors (Lipinski definition) is 4. The summed E-state index contributed by atoms with van der Waals surface area (Å²) in [5.41, 5.74) is 1.33. The summed E-state index contributed by atoms with van der Waals surface area (Å²) < 4.78 is 5.13. The molecule has 0 fully saturated rings. The first-order valence-electron chi connectivity index (χ1n) is 8.66. The van der Waals surface area contributed by atoms with E-state index in [9.17, 15) is 14.4 Å². The standard InChI is InChI=1S/C17H24N2O6S/c1-2-25-17(24)14-10-5-3-4-6-12(10)26-15(14)19-13(21)9-11(16(22)23)18-7-8-20/h11,18,20H,2-9H2,1H3,(H,19,21)(H,22,23). The number of carbonyl (C=O) groups excluding carboxylic acids is 2. The lowest BCUT2D eigenvalue weighted by Gasteiger charge is -2.14. The molecule has 2 rings (SSSR count). The molecule has 26 heavy (non-hydrogen) atoms. The largest absolute Gasteiger partial charge is 0.480 e. The number of esters is 1. The van der Waals surface area contributed by atoms with Crippen LogP contribution in [0.4, 0.5) is 5.00 Å². The molecule has 4 N–H and O–H groups in total. The summed E-state index contributed by atoms with van der Waals surface area (Å²) in [6.07, 6.45) is 3.34. The van der Waals surface area contributed by atoms with Gasteiger partial charge in [-0.1, -0.05) is 0 Å². The van der Waals surface area contributed by atoms with Crippen molar-refractivity contribution in [3.8, 4) is 0 Å². The number of aliphatic hydroxyl groups is 1. The molecule has 1 unspecified atom stereocenters. The van der Waals surface area contributed by atoms with Crippen LogP contribution in [0.15, 0.2) is 0 Å². The van der Waals surface area contributed by atoms with Gasteiger partial charge >= 0.3 is 11.9 Å². The molecule has 9 heteroatoms. The van der Waals surface area contributed by atoms with Crippen LogP contribution in [0, 0.1) is 0 Å². The third-order valence-corrected chi connectivity index (χ3v) is 5.30. The first-order chi connectivity index (χ1) is 12.5. The number of anilines is 1. The molecule has 1 aromatic rings. The number of rotatable bonds is 9. The van der Waals surface area contributed by atoms with Gasteiger partial charge in [0.15, 0.2) is 0 Å². The summed E-state index contributed by atoms with van der Waals surface area (Å²) in [6.45, 7) is 1.81. The van der Waals surface area contributed by atoms with Gasteiger partial charge in [0.2, 0.25) is 5.91 Å². The van der Waals surface area contributed by atoms with Crippen LogP contribution in [0.25, 0.3) is 0 Å². The van der Waals surface area contributed by atoms with Crippen molar-refractivity contribution in [2.24, 2.45) is 0 Å². The Labute approximate surface area is 155 Å². The van der Waals surface area contributed by atoms with E-state index in [4.69, 9.17) is 14.9 Å². The van der Waals surface area contributed by atoms with E-state index in [-0.39, 0.29) is 26.2 Å². The van der Waals surface area contributed by atoms with E-state index in [0.717, 1.165) is 36.1 Å². The molecule has 8 nitrogen and oxygen atoms in total. The Morgan fingerprint density at radius 1 is 1.27 bits per heavy atom. The number of aryl methyl sites for hydroxylation is 1. The third-order valence-electron chi connectivity index (χ3n) is 4.09. The number of nitrogens with one attached hydrogen (secondary N) is 2. The van der Waals surface area contributed by atoms with Crippen molar-refractivity contribution in [2.75, 3.05) is 25.1 Å². The minimum absolute atomic E-state index is 0.0750. The molecule has 0 aromatic carbocycles. The van der Waals surface area contributed by atoms with Gasteiger partial charge in [-0.3, -0.25) is 9.59 Å². The highest BCUT2D eigenvalue weighted by Crippen LogP contribution is 2.38. The first kappa shape index (κ1) is 20.3. The van der Waals surface area contributed by atoms with Gasteiger partial charge in [-0.15, -0.1) is 11.3 Å². The van der Waals surface area contributed by atoms with Crippen LogP contribution < -0.4 is 10.6 Å². The molecule has 0 bridgehead atoms. The Bertz CT molecular complexity index is 672. The lowest BCUT2D eigenvalue weighted by molar-refractivity contribution is -0.141. The highest BCUT2D eigenvalue weighted by atomic mass is 32.1. The van der Waals surface area contributed by atoms with E-state index < -0.39 is 23.9 Å². The summed E-state index contributed by atoms with van der Waals surface area (Å²) in [6, 6.07) is -1.11. The topological polar surface area (TPSA) is 125 Å². The predicted molar refractivity (Wildman–Crippen MR) is 96.7 cm³/mol. The Balaban J connectivity index is 2.17. The number of fused-ring (bicyclic) bond motifs is 1. The number of thiophene rings is 1. The Hall–Kier alpha value is -1.97. The van der Waals surface area contributed by atoms with Gasteiger partial charge in [-0.2, -0.15) is 0 Å². The lowest BCUT2D eigenvalue weighted by Crippen LogP contribution is -2.41. The molecule has 0 aliphatic heterocycles. The second kappa shape index (κ2) is 9.65. The van der Waals surface area contributed by atoms with E-state index >= 15 is 0 Å². The van der Waals surface area contributed by atoms with E-state index in [1.807, 2.05) is 0 Å². The minimum atomic E-state index is -1.18. The summed E-state index contributed by atoms with van der Waals surface area (Å²) in [5.74, 6) is -2.15. The molecule has 144 valence electrons. The van der Waals surface area contributed by atoms with Crippen LogP contribution in [0.3, 0.4) is 0 Å². The fourth-order valence-electron chi connectivity index (χ4n) is 2.92. The minimum Gasteiger partial charge on any atom is -0.480 e. The summed E-state index contributed by atoms with van der Waals surface area (Å²) in [5, 5.41) is 23.7. The first-order valence-corrected chi connectivity index (χ1v) is 9.48. The van der Waals surface area contributed by atoms with Gasteiger partial charge < -0.3 is 25.6 Å². The second-order valence-electron chi connectivity index (χ2n) is 5.96. The van der Waals surface area contributed by atoms with E-state index in [1.165, 1.54) is 11.3 Å². The van der Waals surface area contributed by atoms with Crippen molar-refractivity contribution in [1.29, 1.82) is 0 Å². The van der Waals surface area contributed by atoms with Gasteiger partial charge in [-0.05, 0) is 38.2 Å². The highest BCUT2D eigenvalue weighted by Gasteiger charge is 2.28. The quantitative estimate of drug-likeness (QED) is 0.471. The molecule has 1 aliphatic rings. The van der Waals surface area contributed by atoms with E-state index in [1.54, 1.807) is 6.92 Å². The zero-order chi connectivity index (χ0) is 19.1. The molecule has 0 spiro atoms.